The van der Waals surface area contributed by atoms with Gasteiger partial charge in [-0.15, -0.1) is 0 Å². The van der Waals surface area contributed by atoms with Crippen LogP contribution in [0.4, 0.5) is 0 Å². The normalized spacial score (nSPS) is 12.4. The van der Waals surface area contributed by atoms with Gasteiger partial charge in [-0.3, -0.25) is 0 Å². The highest BCUT2D eigenvalue weighted by Gasteiger charge is 2.03. The number of hydrogen-bond donors (Lipinski definition) is 1. The van der Waals surface area contributed by atoms with Crippen LogP contribution in [0.5, 0.6) is 5.75 Å². The number of methoxy groups -OCH3 is 1. The second-order valence-electron chi connectivity index (χ2n) is 4.87. The van der Waals surface area contributed by atoms with Crippen LogP contribution in [0, 0.1) is 0 Å². The molecule has 0 aliphatic carbocycles. The van der Waals surface area contributed by atoms with E-state index >= 15 is 0 Å². The Kier molecular flexibility index (Phi) is 8.26. The molecule has 0 spiro atoms. The molecule has 1 rings (SSSR count). The fourth-order valence-corrected chi connectivity index (χ4v) is 1.91. The summed E-state index contributed by atoms with van der Waals surface area (Å²) in [6, 6.07) is 8.72. The molecule has 0 saturated heterocycles. The number of rotatable bonds is 10. The van der Waals surface area contributed by atoms with Crippen molar-refractivity contribution in [3.63, 3.8) is 0 Å². The molecule has 0 heterocycles. The third-order valence-corrected chi connectivity index (χ3v) is 3.08. The fourth-order valence-electron chi connectivity index (χ4n) is 1.91. The zero-order valence-electron chi connectivity index (χ0n) is 12.4. The van der Waals surface area contributed by atoms with Crippen LogP contribution in [0.2, 0.25) is 0 Å². The van der Waals surface area contributed by atoms with Gasteiger partial charge in [-0.2, -0.15) is 0 Å². The van der Waals surface area contributed by atoms with Crippen LogP contribution in [0.3, 0.4) is 0 Å². The molecule has 0 aliphatic heterocycles. The number of benzene rings is 1. The van der Waals surface area contributed by atoms with E-state index in [1.165, 1.54) is 12.0 Å². The van der Waals surface area contributed by atoms with Gasteiger partial charge in [0.05, 0.1) is 13.7 Å². The standard InChI is InChI=1S/C16H27NO2/c1-4-5-11-19-12-10-17-14(2)13-15-6-8-16(18-3)9-7-15/h6-9,14,17H,4-5,10-13H2,1-3H3. The van der Waals surface area contributed by atoms with Crippen LogP contribution >= 0.6 is 0 Å². The summed E-state index contributed by atoms with van der Waals surface area (Å²) in [5.41, 5.74) is 1.33. The Morgan fingerprint density at radius 2 is 1.89 bits per heavy atom. The van der Waals surface area contributed by atoms with Gasteiger partial charge in [-0.25, -0.2) is 0 Å². The van der Waals surface area contributed by atoms with E-state index in [9.17, 15) is 0 Å². The number of unbranched alkanes of at least 4 members (excludes halogenated alkanes) is 1. The Morgan fingerprint density at radius 3 is 2.53 bits per heavy atom. The summed E-state index contributed by atoms with van der Waals surface area (Å²) < 4.78 is 10.7. The zero-order chi connectivity index (χ0) is 13.9. The Hall–Kier alpha value is -1.06. The molecule has 0 fully saturated rings. The molecule has 3 heteroatoms. The lowest BCUT2D eigenvalue weighted by atomic mass is 10.1. The van der Waals surface area contributed by atoms with Crippen molar-refractivity contribution in [2.24, 2.45) is 0 Å². The molecule has 0 radical (unpaired) electrons. The number of ether oxygens (including phenoxy) is 2. The van der Waals surface area contributed by atoms with Crippen molar-refractivity contribution in [2.75, 3.05) is 26.9 Å². The summed E-state index contributed by atoms with van der Waals surface area (Å²) >= 11 is 0. The van der Waals surface area contributed by atoms with Crippen molar-refractivity contribution >= 4 is 0 Å². The Labute approximate surface area is 117 Å². The van der Waals surface area contributed by atoms with E-state index in [0.29, 0.717) is 6.04 Å². The molecule has 0 bridgehead atoms. The summed E-state index contributed by atoms with van der Waals surface area (Å²) in [6.45, 7) is 6.98. The third kappa shape index (κ3) is 7.19. The molecule has 1 unspecified atom stereocenters. The molecule has 19 heavy (non-hydrogen) atoms. The van der Waals surface area contributed by atoms with Gasteiger partial charge in [0.2, 0.25) is 0 Å². The summed E-state index contributed by atoms with van der Waals surface area (Å²) in [7, 11) is 1.69. The van der Waals surface area contributed by atoms with E-state index in [1.54, 1.807) is 7.11 Å². The smallest absolute Gasteiger partial charge is 0.118 e. The van der Waals surface area contributed by atoms with Gasteiger partial charge in [0.15, 0.2) is 0 Å². The van der Waals surface area contributed by atoms with Crippen LogP contribution in [0.1, 0.15) is 32.3 Å². The second kappa shape index (κ2) is 9.82. The van der Waals surface area contributed by atoms with Crippen LogP contribution < -0.4 is 10.1 Å². The summed E-state index contributed by atoms with van der Waals surface area (Å²) in [5.74, 6) is 0.911. The van der Waals surface area contributed by atoms with E-state index in [-0.39, 0.29) is 0 Å². The number of hydrogen-bond acceptors (Lipinski definition) is 3. The van der Waals surface area contributed by atoms with Crippen LogP contribution in [0.15, 0.2) is 24.3 Å². The molecule has 1 N–H and O–H groups in total. The average molecular weight is 265 g/mol. The third-order valence-electron chi connectivity index (χ3n) is 3.08. The SMILES string of the molecule is CCCCOCCNC(C)Cc1ccc(OC)cc1. The molecule has 108 valence electrons. The summed E-state index contributed by atoms with van der Waals surface area (Å²) in [6.07, 6.45) is 3.38. The molecule has 1 atom stereocenters. The van der Waals surface area contributed by atoms with Crippen molar-refractivity contribution in [1.29, 1.82) is 0 Å². The lowest BCUT2D eigenvalue weighted by Gasteiger charge is -2.14. The van der Waals surface area contributed by atoms with Crippen LogP contribution in [-0.2, 0) is 11.2 Å². The minimum absolute atomic E-state index is 0.461. The first-order valence-electron chi connectivity index (χ1n) is 7.20. The predicted octanol–water partition coefficient (Wildman–Crippen LogP) is 3.03. The van der Waals surface area contributed by atoms with Gasteiger partial charge in [0.25, 0.3) is 0 Å². The monoisotopic (exact) mass is 265 g/mol. The van der Waals surface area contributed by atoms with Crippen LogP contribution in [-0.4, -0.2) is 32.9 Å². The molecule has 0 saturated carbocycles. The van der Waals surface area contributed by atoms with Crippen molar-refractivity contribution in [1.82, 2.24) is 5.32 Å². The van der Waals surface area contributed by atoms with Gasteiger partial charge in [-0.1, -0.05) is 25.5 Å². The first kappa shape index (κ1) is 16.0. The predicted molar refractivity (Wildman–Crippen MR) is 79.9 cm³/mol. The summed E-state index contributed by atoms with van der Waals surface area (Å²) in [5, 5.41) is 3.48. The topological polar surface area (TPSA) is 30.5 Å². The lowest BCUT2D eigenvalue weighted by Crippen LogP contribution is -2.31. The van der Waals surface area contributed by atoms with Gasteiger partial charge in [0.1, 0.15) is 5.75 Å². The highest BCUT2D eigenvalue weighted by atomic mass is 16.5. The first-order chi connectivity index (χ1) is 9.26. The quantitative estimate of drug-likeness (QED) is 0.660. The molecule has 3 nitrogen and oxygen atoms in total. The number of nitrogens with one attached hydrogen (secondary N) is 1. The van der Waals surface area contributed by atoms with E-state index in [4.69, 9.17) is 9.47 Å². The maximum Gasteiger partial charge on any atom is 0.118 e. The van der Waals surface area contributed by atoms with Crippen LogP contribution in [0.25, 0.3) is 0 Å². The Morgan fingerprint density at radius 1 is 1.16 bits per heavy atom. The average Bonchev–Trinajstić information content (AvgIpc) is 2.43. The van der Waals surface area contributed by atoms with E-state index in [0.717, 1.165) is 38.3 Å². The van der Waals surface area contributed by atoms with Crippen molar-refractivity contribution in [3.05, 3.63) is 29.8 Å². The second-order valence-corrected chi connectivity index (χ2v) is 4.87. The van der Waals surface area contributed by atoms with E-state index < -0.39 is 0 Å². The highest BCUT2D eigenvalue weighted by molar-refractivity contribution is 5.27. The van der Waals surface area contributed by atoms with Crippen molar-refractivity contribution in [2.45, 2.75) is 39.2 Å². The highest BCUT2D eigenvalue weighted by Crippen LogP contribution is 2.12. The molecule has 1 aromatic carbocycles. The van der Waals surface area contributed by atoms with Crippen molar-refractivity contribution in [3.8, 4) is 5.75 Å². The molecular weight excluding hydrogens is 238 g/mol. The van der Waals surface area contributed by atoms with Gasteiger partial charge >= 0.3 is 0 Å². The maximum absolute atomic E-state index is 5.53. The van der Waals surface area contributed by atoms with Gasteiger partial charge in [0, 0.05) is 19.2 Å². The lowest BCUT2D eigenvalue weighted by molar-refractivity contribution is 0.131. The Balaban J connectivity index is 2.14. The minimum Gasteiger partial charge on any atom is -0.497 e. The fraction of sp³-hybridized carbons (Fsp3) is 0.625. The molecule has 1 aromatic rings. The van der Waals surface area contributed by atoms with E-state index in [1.807, 2.05) is 12.1 Å². The molecule has 0 aliphatic rings. The zero-order valence-corrected chi connectivity index (χ0v) is 12.4. The maximum atomic E-state index is 5.53. The minimum atomic E-state index is 0.461. The Bertz CT molecular complexity index is 324. The molecule has 0 amide bonds. The summed E-state index contributed by atoms with van der Waals surface area (Å²) in [4.78, 5) is 0. The largest absolute Gasteiger partial charge is 0.497 e. The van der Waals surface area contributed by atoms with Gasteiger partial charge in [-0.05, 0) is 37.5 Å². The van der Waals surface area contributed by atoms with Gasteiger partial charge < -0.3 is 14.8 Å². The first-order valence-corrected chi connectivity index (χ1v) is 7.20. The van der Waals surface area contributed by atoms with E-state index in [2.05, 4.69) is 31.3 Å². The van der Waals surface area contributed by atoms with Crippen molar-refractivity contribution < 1.29 is 9.47 Å². The molecule has 0 aromatic heterocycles. The molecular formula is C16H27NO2.